The second-order valence-corrected chi connectivity index (χ2v) is 7.96. The summed E-state index contributed by atoms with van der Waals surface area (Å²) in [5.41, 5.74) is 4.65. The average Bonchev–Trinajstić information content (AvgIpc) is 3.27. The van der Waals surface area contributed by atoms with Gasteiger partial charge in [-0.25, -0.2) is 4.98 Å². The quantitative estimate of drug-likeness (QED) is 0.286. The van der Waals surface area contributed by atoms with Gasteiger partial charge in [0.2, 0.25) is 0 Å². The molecule has 0 N–H and O–H groups in total. The summed E-state index contributed by atoms with van der Waals surface area (Å²) in [5.74, 6) is 1.76. The minimum atomic E-state index is 0.0370. The van der Waals surface area contributed by atoms with Gasteiger partial charge in [-0.2, -0.15) is 0 Å². The number of allylic oxidation sites excluding steroid dienone is 4. The van der Waals surface area contributed by atoms with E-state index in [0.717, 1.165) is 52.5 Å². The van der Waals surface area contributed by atoms with Crippen molar-refractivity contribution in [3.8, 4) is 16.3 Å². The number of aryl methyl sites for hydroxylation is 1. The van der Waals surface area contributed by atoms with E-state index in [9.17, 15) is 0 Å². The number of rotatable bonds is 11. The van der Waals surface area contributed by atoms with Crippen LogP contribution in [0.25, 0.3) is 10.6 Å². The van der Waals surface area contributed by atoms with Crippen molar-refractivity contribution in [2.75, 3.05) is 6.61 Å². The van der Waals surface area contributed by atoms with E-state index in [1.54, 1.807) is 11.3 Å². The third kappa shape index (κ3) is 6.90. The second-order valence-electron chi connectivity index (χ2n) is 7.06. The van der Waals surface area contributed by atoms with E-state index in [1.807, 2.05) is 24.6 Å². The fourth-order valence-electron chi connectivity index (χ4n) is 2.84. The maximum absolute atomic E-state index is 6.26. The van der Waals surface area contributed by atoms with Crippen LogP contribution in [0.15, 0.2) is 65.4 Å². The molecular weight excluding hydrogens is 378 g/mol. The van der Waals surface area contributed by atoms with Crippen molar-refractivity contribution in [2.24, 2.45) is 0 Å². The molecule has 0 aliphatic carbocycles. The van der Waals surface area contributed by atoms with Gasteiger partial charge in [-0.1, -0.05) is 32.1 Å². The third-order valence-corrected chi connectivity index (χ3v) is 5.67. The Kier molecular flexibility index (Phi) is 9.20. The van der Waals surface area contributed by atoms with Crippen molar-refractivity contribution in [1.82, 2.24) is 4.98 Å². The molecular formula is C25H33NO2S. The van der Waals surface area contributed by atoms with Gasteiger partial charge in [0.15, 0.2) is 0 Å². The molecule has 2 rings (SSSR count). The molecule has 0 saturated carbocycles. The molecule has 0 spiro atoms. The Morgan fingerprint density at radius 2 is 2.10 bits per heavy atom. The van der Waals surface area contributed by atoms with E-state index in [2.05, 4.69) is 63.5 Å². The highest BCUT2D eigenvalue weighted by atomic mass is 32.1. The van der Waals surface area contributed by atoms with Gasteiger partial charge >= 0.3 is 0 Å². The molecule has 1 heterocycles. The number of hydrogen-bond donors (Lipinski definition) is 0. The largest absolute Gasteiger partial charge is 0.494 e. The number of ether oxygens (including phenoxy) is 2. The van der Waals surface area contributed by atoms with E-state index in [4.69, 9.17) is 9.47 Å². The molecule has 156 valence electrons. The summed E-state index contributed by atoms with van der Waals surface area (Å²) in [5, 5.41) is 2.99. The van der Waals surface area contributed by atoms with Crippen LogP contribution in [0.4, 0.5) is 0 Å². The zero-order valence-corrected chi connectivity index (χ0v) is 19.1. The van der Waals surface area contributed by atoms with Crippen molar-refractivity contribution in [2.45, 2.75) is 60.0 Å². The topological polar surface area (TPSA) is 31.4 Å². The Morgan fingerprint density at radius 3 is 2.72 bits per heavy atom. The molecule has 0 aliphatic heterocycles. The van der Waals surface area contributed by atoms with Crippen molar-refractivity contribution in [3.05, 3.63) is 71.0 Å². The van der Waals surface area contributed by atoms with E-state index in [-0.39, 0.29) is 6.10 Å². The van der Waals surface area contributed by atoms with Crippen LogP contribution in [0.3, 0.4) is 0 Å². The first-order valence-electron chi connectivity index (χ1n) is 10.3. The Labute approximate surface area is 179 Å². The molecule has 0 fully saturated rings. The van der Waals surface area contributed by atoms with Crippen molar-refractivity contribution < 1.29 is 9.47 Å². The lowest BCUT2D eigenvalue weighted by molar-refractivity contribution is 0.148. The molecule has 2 aromatic rings. The highest BCUT2D eigenvalue weighted by Gasteiger charge is 2.13. The van der Waals surface area contributed by atoms with Crippen LogP contribution in [-0.2, 0) is 11.2 Å². The van der Waals surface area contributed by atoms with Gasteiger partial charge in [-0.15, -0.1) is 11.3 Å². The van der Waals surface area contributed by atoms with Crippen LogP contribution in [0.5, 0.6) is 5.75 Å². The molecule has 0 saturated heterocycles. The van der Waals surface area contributed by atoms with Gasteiger partial charge in [0, 0.05) is 18.0 Å². The molecule has 0 bridgehead atoms. The van der Waals surface area contributed by atoms with Gasteiger partial charge in [0.25, 0.3) is 0 Å². The average molecular weight is 412 g/mol. The summed E-state index contributed by atoms with van der Waals surface area (Å²) in [7, 11) is 0. The van der Waals surface area contributed by atoms with Crippen LogP contribution in [0.1, 0.15) is 53.0 Å². The maximum atomic E-state index is 6.26. The number of thiazole rings is 1. The SMILES string of the molecule is C=C(CC)/C(C)=C\C(=C/C)OCC[C@@H](C)Oc1ccc(CC)cc1-c1nccs1. The summed E-state index contributed by atoms with van der Waals surface area (Å²) in [6, 6.07) is 6.37. The fraction of sp³-hybridized carbons (Fsp3) is 0.400. The molecule has 1 atom stereocenters. The third-order valence-electron chi connectivity index (χ3n) is 4.86. The lowest BCUT2D eigenvalue weighted by Crippen LogP contribution is -2.15. The van der Waals surface area contributed by atoms with E-state index in [1.165, 1.54) is 5.56 Å². The minimum Gasteiger partial charge on any atom is -0.494 e. The smallest absolute Gasteiger partial charge is 0.129 e. The minimum absolute atomic E-state index is 0.0370. The molecule has 0 radical (unpaired) electrons. The Hall–Kier alpha value is -2.33. The monoisotopic (exact) mass is 411 g/mol. The Morgan fingerprint density at radius 1 is 1.31 bits per heavy atom. The highest BCUT2D eigenvalue weighted by molar-refractivity contribution is 7.13. The Bertz CT molecular complexity index is 850. The summed E-state index contributed by atoms with van der Waals surface area (Å²) >= 11 is 1.63. The number of benzene rings is 1. The lowest BCUT2D eigenvalue weighted by Gasteiger charge is -2.18. The number of hydrogen-bond acceptors (Lipinski definition) is 4. The zero-order valence-electron chi connectivity index (χ0n) is 18.3. The molecule has 1 aromatic heterocycles. The van der Waals surface area contributed by atoms with E-state index < -0.39 is 0 Å². The second kappa shape index (κ2) is 11.6. The van der Waals surface area contributed by atoms with Crippen LogP contribution in [0, 0.1) is 0 Å². The molecule has 29 heavy (non-hydrogen) atoms. The maximum Gasteiger partial charge on any atom is 0.129 e. The van der Waals surface area contributed by atoms with Gasteiger partial charge < -0.3 is 9.47 Å². The van der Waals surface area contributed by atoms with E-state index in [0.29, 0.717) is 6.61 Å². The number of aromatic nitrogens is 1. The predicted octanol–water partition coefficient (Wildman–Crippen LogP) is 7.36. The summed E-state index contributed by atoms with van der Waals surface area (Å²) < 4.78 is 12.2. The predicted molar refractivity (Wildman–Crippen MR) is 125 cm³/mol. The molecule has 0 aliphatic rings. The molecule has 4 heteroatoms. The van der Waals surface area contributed by atoms with Crippen LogP contribution < -0.4 is 4.74 Å². The lowest BCUT2D eigenvalue weighted by atomic mass is 10.1. The van der Waals surface area contributed by atoms with Crippen LogP contribution in [0.2, 0.25) is 0 Å². The molecule has 0 unspecified atom stereocenters. The van der Waals surface area contributed by atoms with Gasteiger partial charge in [0.05, 0.1) is 18.3 Å². The van der Waals surface area contributed by atoms with Gasteiger partial charge in [-0.3, -0.25) is 0 Å². The van der Waals surface area contributed by atoms with Crippen molar-refractivity contribution in [1.29, 1.82) is 0 Å². The molecule has 3 nitrogen and oxygen atoms in total. The van der Waals surface area contributed by atoms with Gasteiger partial charge in [0.1, 0.15) is 16.5 Å². The highest BCUT2D eigenvalue weighted by Crippen LogP contribution is 2.33. The van der Waals surface area contributed by atoms with E-state index >= 15 is 0 Å². The van der Waals surface area contributed by atoms with Crippen molar-refractivity contribution in [3.63, 3.8) is 0 Å². The normalized spacial score (nSPS) is 13.3. The summed E-state index contributed by atoms with van der Waals surface area (Å²) in [6.45, 7) is 15.1. The van der Waals surface area contributed by atoms with Crippen LogP contribution in [-0.4, -0.2) is 17.7 Å². The van der Waals surface area contributed by atoms with Crippen LogP contribution >= 0.6 is 11.3 Å². The first-order valence-corrected chi connectivity index (χ1v) is 11.2. The molecule has 1 aromatic carbocycles. The first kappa shape index (κ1) is 23.0. The molecule has 0 amide bonds. The summed E-state index contributed by atoms with van der Waals surface area (Å²) in [4.78, 5) is 4.47. The Balaban J connectivity index is 1.98. The number of nitrogens with zero attached hydrogens (tertiary/aromatic N) is 1. The first-order chi connectivity index (χ1) is 14.0. The standard InChI is InChI=1S/C25H33NO2S/c1-7-18(4)19(5)16-22(9-3)27-14-12-20(6)28-24-11-10-21(8-2)17-23(24)25-26-13-15-29-25/h9-11,13,15-17,20H,4,7-8,12,14H2,1-3,5-6H3/b19-16-,22-9+/t20-/m1/s1. The van der Waals surface area contributed by atoms with Gasteiger partial charge in [-0.05, 0) is 69.0 Å². The van der Waals surface area contributed by atoms with Crippen molar-refractivity contribution >= 4 is 11.3 Å². The fourth-order valence-corrected chi connectivity index (χ4v) is 3.50. The zero-order chi connectivity index (χ0) is 21.2. The summed E-state index contributed by atoms with van der Waals surface area (Å²) in [6.07, 6.45) is 8.65.